The number of hydrogen-bond donors (Lipinski definition) is 1. The molecule has 6 rings (SSSR count). The van der Waals surface area contributed by atoms with E-state index in [1.807, 2.05) is 30.5 Å². The van der Waals surface area contributed by atoms with Crippen LogP contribution < -0.4 is 4.90 Å². The van der Waals surface area contributed by atoms with Crippen LogP contribution in [0.5, 0.6) is 0 Å². The molecule has 1 aromatic heterocycles. The molecule has 1 aliphatic heterocycles. The van der Waals surface area contributed by atoms with Crippen LogP contribution in [-0.4, -0.2) is 64.9 Å². The van der Waals surface area contributed by atoms with Crippen molar-refractivity contribution in [1.82, 2.24) is 9.88 Å². The van der Waals surface area contributed by atoms with Crippen LogP contribution in [0.15, 0.2) is 36.0 Å². The van der Waals surface area contributed by atoms with Crippen molar-refractivity contribution < 1.29 is 14.7 Å². The number of Topliss-reactive ketones (excluding diaryl/α,β-unsaturated/α-hetero) is 1. The van der Waals surface area contributed by atoms with Gasteiger partial charge in [-0.15, -0.1) is 0 Å². The number of piperazine rings is 1. The lowest BCUT2D eigenvalue weighted by molar-refractivity contribution is -0.163. The first-order valence-electron chi connectivity index (χ1n) is 14.1. The third-order valence-electron chi connectivity index (χ3n) is 11.3. The fourth-order valence-corrected chi connectivity index (χ4v) is 9.04. The molecule has 1 aromatic rings. The van der Waals surface area contributed by atoms with Gasteiger partial charge in [0.15, 0.2) is 11.6 Å². The average molecular weight is 492 g/mol. The number of carbonyl (C=O) groups excluding carboxylic acids is 2. The zero-order chi connectivity index (χ0) is 25.1. The average Bonchev–Trinajstić information content (AvgIpc) is 3.17. The van der Waals surface area contributed by atoms with Gasteiger partial charge >= 0.3 is 0 Å². The fourth-order valence-electron chi connectivity index (χ4n) is 9.04. The maximum atomic E-state index is 13.8. The largest absolute Gasteiger partial charge is 0.381 e. The molecule has 194 valence electrons. The van der Waals surface area contributed by atoms with E-state index in [-0.39, 0.29) is 16.6 Å². The van der Waals surface area contributed by atoms with Crippen LogP contribution in [0.1, 0.15) is 65.2 Å². The van der Waals surface area contributed by atoms with Crippen molar-refractivity contribution >= 4 is 17.4 Å². The predicted octanol–water partition coefficient (Wildman–Crippen LogP) is 4.04. The Hall–Kier alpha value is -2.05. The second kappa shape index (κ2) is 8.76. The van der Waals surface area contributed by atoms with E-state index in [1.165, 1.54) is 5.57 Å². The highest BCUT2D eigenvalue weighted by atomic mass is 16.3. The minimum Gasteiger partial charge on any atom is -0.381 e. The SMILES string of the molecule is C[C@]12CCC(=O)C=C1CC[C@@H]1[C@@H]2CC[C@@]2(C)[C@H]1CC[C@]2(O)C(=O)CN1CCN(c2ccccn2)CC1. The highest BCUT2D eigenvalue weighted by molar-refractivity contribution is 5.92. The lowest BCUT2D eigenvalue weighted by atomic mass is 9.46. The quantitative estimate of drug-likeness (QED) is 0.685. The number of aliphatic hydroxyl groups is 1. The van der Waals surface area contributed by atoms with Crippen LogP contribution in [0.3, 0.4) is 0 Å². The molecule has 4 fully saturated rings. The molecule has 0 spiro atoms. The summed E-state index contributed by atoms with van der Waals surface area (Å²) in [5, 5.41) is 12.0. The van der Waals surface area contributed by atoms with E-state index < -0.39 is 5.60 Å². The Balaban J connectivity index is 1.14. The van der Waals surface area contributed by atoms with E-state index in [1.54, 1.807) is 0 Å². The highest BCUT2D eigenvalue weighted by Crippen LogP contribution is 2.67. The molecular formula is C30H41N3O3. The number of aromatic nitrogens is 1. The Bertz CT molecular complexity index is 1060. The molecule has 4 aliphatic carbocycles. The molecule has 0 unspecified atom stereocenters. The topological polar surface area (TPSA) is 73.7 Å². The third-order valence-corrected chi connectivity index (χ3v) is 11.3. The van der Waals surface area contributed by atoms with Crippen LogP contribution in [0, 0.1) is 28.6 Å². The van der Waals surface area contributed by atoms with E-state index in [9.17, 15) is 14.7 Å². The predicted molar refractivity (Wildman–Crippen MR) is 140 cm³/mol. The van der Waals surface area contributed by atoms with Gasteiger partial charge in [-0.25, -0.2) is 4.98 Å². The van der Waals surface area contributed by atoms with Gasteiger partial charge in [0.25, 0.3) is 0 Å². The van der Waals surface area contributed by atoms with Gasteiger partial charge in [0.2, 0.25) is 0 Å². The van der Waals surface area contributed by atoms with Crippen molar-refractivity contribution in [2.75, 3.05) is 37.6 Å². The highest BCUT2D eigenvalue weighted by Gasteiger charge is 2.66. The van der Waals surface area contributed by atoms with Gasteiger partial charge in [0.05, 0.1) is 6.54 Å². The number of allylic oxidation sites excluding steroid dienone is 1. The molecule has 0 amide bonds. The van der Waals surface area contributed by atoms with Crippen LogP contribution in [0.2, 0.25) is 0 Å². The van der Waals surface area contributed by atoms with Crippen molar-refractivity contribution in [3.63, 3.8) is 0 Å². The zero-order valence-corrected chi connectivity index (χ0v) is 21.9. The van der Waals surface area contributed by atoms with Crippen molar-refractivity contribution in [2.24, 2.45) is 28.6 Å². The van der Waals surface area contributed by atoms with E-state index in [2.05, 4.69) is 28.6 Å². The van der Waals surface area contributed by atoms with Gasteiger partial charge in [0, 0.05) is 44.2 Å². The van der Waals surface area contributed by atoms with Crippen molar-refractivity contribution in [1.29, 1.82) is 0 Å². The zero-order valence-electron chi connectivity index (χ0n) is 21.9. The van der Waals surface area contributed by atoms with Gasteiger partial charge in [-0.05, 0) is 86.3 Å². The summed E-state index contributed by atoms with van der Waals surface area (Å²) in [5.41, 5.74) is -0.0719. The summed E-state index contributed by atoms with van der Waals surface area (Å²) in [5.74, 6) is 2.82. The standard InChI is InChI=1S/C30H41N3O3/c1-28-11-8-22(34)19-21(28)6-7-23-24(28)9-12-29(2)25(23)10-13-30(29,36)26(35)20-32-15-17-33(18-16-32)27-5-3-4-14-31-27/h3-5,14,19,23-25,36H,6-13,15-18,20H2,1-2H3/t23-,24+,25+,28+,29+,30+/m1/s1. The number of carbonyl (C=O) groups is 2. The van der Waals surface area contributed by atoms with Crippen molar-refractivity contribution in [2.45, 2.75) is 70.8 Å². The van der Waals surface area contributed by atoms with E-state index in [0.29, 0.717) is 42.9 Å². The van der Waals surface area contributed by atoms with Crippen molar-refractivity contribution in [3.8, 4) is 0 Å². The summed E-state index contributed by atoms with van der Waals surface area (Å²) in [7, 11) is 0. The summed E-state index contributed by atoms with van der Waals surface area (Å²) in [6.07, 6.45) is 11.0. The summed E-state index contributed by atoms with van der Waals surface area (Å²) in [6.45, 7) is 8.28. The second-order valence-corrected chi connectivity index (χ2v) is 12.7. The Kier molecular flexibility index (Phi) is 5.91. The summed E-state index contributed by atoms with van der Waals surface area (Å²) < 4.78 is 0. The van der Waals surface area contributed by atoms with Gasteiger partial charge in [0.1, 0.15) is 11.4 Å². The molecule has 1 N–H and O–H groups in total. The van der Waals surface area contributed by atoms with Crippen LogP contribution in [0.4, 0.5) is 5.82 Å². The van der Waals surface area contributed by atoms with Crippen LogP contribution in [-0.2, 0) is 9.59 Å². The van der Waals surface area contributed by atoms with Gasteiger partial charge < -0.3 is 10.0 Å². The first kappa shape index (κ1) is 24.3. The monoisotopic (exact) mass is 491 g/mol. The van der Waals surface area contributed by atoms with Gasteiger partial charge in [-0.3, -0.25) is 14.5 Å². The summed E-state index contributed by atoms with van der Waals surface area (Å²) in [6, 6.07) is 5.98. The molecule has 36 heavy (non-hydrogen) atoms. The van der Waals surface area contributed by atoms with Crippen LogP contribution in [0.25, 0.3) is 0 Å². The molecule has 2 heterocycles. The Morgan fingerprint density at radius 2 is 1.81 bits per heavy atom. The number of ketones is 2. The van der Waals surface area contributed by atoms with E-state index in [0.717, 1.165) is 70.5 Å². The van der Waals surface area contributed by atoms with Gasteiger partial charge in [-0.1, -0.05) is 25.5 Å². The van der Waals surface area contributed by atoms with E-state index in [4.69, 9.17) is 0 Å². The normalized spacial score (nSPS) is 40.8. The molecule has 5 aliphatic rings. The number of hydrogen-bond acceptors (Lipinski definition) is 6. The number of pyridine rings is 1. The number of anilines is 1. The molecule has 6 heteroatoms. The van der Waals surface area contributed by atoms with Gasteiger partial charge in [-0.2, -0.15) is 0 Å². The Labute approximate surface area is 215 Å². The molecule has 3 saturated carbocycles. The van der Waals surface area contributed by atoms with E-state index >= 15 is 0 Å². The number of rotatable bonds is 4. The molecule has 0 bridgehead atoms. The lowest BCUT2D eigenvalue weighted by Gasteiger charge is -2.59. The molecular weight excluding hydrogens is 450 g/mol. The minimum absolute atomic E-state index is 0.0307. The maximum Gasteiger partial charge on any atom is 0.178 e. The lowest BCUT2D eigenvalue weighted by Crippen LogP contribution is -2.60. The first-order valence-corrected chi connectivity index (χ1v) is 14.1. The smallest absolute Gasteiger partial charge is 0.178 e. The minimum atomic E-state index is -1.22. The summed E-state index contributed by atoms with van der Waals surface area (Å²) in [4.78, 5) is 34.8. The second-order valence-electron chi connectivity index (χ2n) is 12.7. The molecule has 0 radical (unpaired) electrons. The molecule has 1 saturated heterocycles. The third kappa shape index (κ3) is 3.62. The Morgan fingerprint density at radius 3 is 2.56 bits per heavy atom. The van der Waals surface area contributed by atoms with Crippen molar-refractivity contribution in [3.05, 3.63) is 36.0 Å². The van der Waals surface area contributed by atoms with Crippen LogP contribution >= 0.6 is 0 Å². The molecule has 6 atom stereocenters. The Morgan fingerprint density at radius 1 is 1.03 bits per heavy atom. The first-order chi connectivity index (χ1) is 17.2. The molecule has 6 nitrogen and oxygen atoms in total. The molecule has 0 aromatic carbocycles. The summed E-state index contributed by atoms with van der Waals surface area (Å²) >= 11 is 0. The fraction of sp³-hybridized carbons (Fsp3) is 0.700. The number of fused-ring (bicyclic) bond motifs is 5. The number of nitrogens with zero attached hydrogens (tertiary/aromatic N) is 3. The maximum absolute atomic E-state index is 13.8.